The van der Waals surface area contributed by atoms with Gasteiger partial charge in [-0.1, -0.05) is 6.92 Å². The third-order valence-corrected chi connectivity index (χ3v) is 8.73. The van der Waals surface area contributed by atoms with Crippen LogP contribution in [0.2, 0.25) is 0 Å². The molecule has 34 heavy (non-hydrogen) atoms. The van der Waals surface area contributed by atoms with Crippen molar-refractivity contribution in [3.05, 3.63) is 39.0 Å². The molecule has 1 amide bonds. The van der Waals surface area contributed by atoms with Crippen LogP contribution < -0.4 is 11.2 Å². The molecule has 0 saturated carbocycles. The fourth-order valence-corrected chi connectivity index (χ4v) is 6.29. The summed E-state index contributed by atoms with van der Waals surface area (Å²) in [6.07, 6.45) is 3.01. The van der Waals surface area contributed by atoms with E-state index in [2.05, 4.69) is 11.8 Å². The van der Waals surface area contributed by atoms with E-state index in [1.54, 1.807) is 11.9 Å². The van der Waals surface area contributed by atoms with Gasteiger partial charge in [0.05, 0.1) is 15.8 Å². The van der Waals surface area contributed by atoms with Gasteiger partial charge in [-0.2, -0.15) is 4.31 Å². The summed E-state index contributed by atoms with van der Waals surface area (Å²) in [5, 5.41) is 0.154. The lowest BCUT2D eigenvalue weighted by Gasteiger charge is -2.33. The van der Waals surface area contributed by atoms with E-state index < -0.39 is 21.3 Å². The van der Waals surface area contributed by atoms with Crippen molar-refractivity contribution >= 4 is 26.8 Å². The van der Waals surface area contributed by atoms with Crippen molar-refractivity contribution < 1.29 is 13.2 Å². The highest BCUT2D eigenvalue weighted by Gasteiger charge is 2.29. The maximum Gasteiger partial charge on any atom is 0.331 e. The van der Waals surface area contributed by atoms with Gasteiger partial charge in [0, 0.05) is 59.3 Å². The van der Waals surface area contributed by atoms with Gasteiger partial charge in [0.15, 0.2) is 0 Å². The van der Waals surface area contributed by atoms with Gasteiger partial charge < -0.3 is 9.80 Å². The Balaban J connectivity index is 1.63. The zero-order chi connectivity index (χ0) is 24.5. The smallest absolute Gasteiger partial charge is 0.331 e. The summed E-state index contributed by atoms with van der Waals surface area (Å²) in [7, 11) is -2.23. The van der Waals surface area contributed by atoms with Crippen molar-refractivity contribution in [2.75, 3.05) is 45.8 Å². The first-order valence-electron chi connectivity index (χ1n) is 12.0. The molecule has 2 fully saturated rings. The van der Waals surface area contributed by atoms with E-state index in [0.29, 0.717) is 44.8 Å². The van der Waals surface area contributed by atoms with E-state index in [-0.39, 0.29) is 29.2 Å². The van der Waals surface area contributed by atoms with Crippen LogP contribution in [0.25, 0.3) is 10.9 Å². The molecule has 0 atom stereocenters. The Kier molecular flexibility index (Phi) is 7.25. The molecule has 10 nitrogen and oxygen atoms in total. The van der Waals surface area contributed by atoms with E-state index in [0.717, 1.165) is 30.4 Å². The molecule has 2 aliphatic heterocycles. The van der Waals surface area contributed by atoms with Gasteiger partial charge in [-0.3, -0.25) is 18.7 Å². The minimum Gasteiger partial charge on any atom is -0.343 e. The molecule has 0 aliphatic carbocycles. The van der Waals surface area contributed by atoms with Crippen LogP contribution >= 0.6 is 0 Å². The zero-order valence-electron chi connectivity index (χ0n) is 19.9. The predicted octanol–water partition coefficient (Wildman–Crippen LogP) is 0.429. The topological polar surface area (TPSA) is 105 Å². The zero-order valence-corrected chi connectivity index (χ0v) is 20.7. The van der Waals surface area contributed by atoms with Gasteiger partial charge in [0.25, 0.3) is 5.56 Å². The number of carbonyl (C=O) groups is 1. The Hall–Kier alpha value is -2.50. The first-order chi connectivity index (χ1) is 16.2. The molecule has 4 rings (SSSR count). The number of rotatable bonds is 7. The van der Waals surface area contributed by atoms with E-state index in [1.165, 1.54) is 27.1 Å². The second kappa shape index (κ2) is 10.0. The fraction of sp³-hybridized carbons (Fsp3) is 0.609. The molecule has 0 radical (unpaired) electrons. The average molecular weight is 492 g/mol. The van der Waals surface area contributed by atoms with Crippen LogP contribution in [0.1, 0.15) is 32.6 Å². The summed E-state index contributed by atoms with van der Waals surface area (Å²) in [4.78, 5) is 42.5. The second-order valence-electron chi connectivity index (χ2n) is 9.06. The number of aromatic nitrogens is 2. The van der Waals surface area contributed by atoms with Gasteiger partial charge in [0.2, 0.25) is 15.9 Å². The second-order valence-corrected chi connectivity index (χ2v) is 11.0. The number of aryl methyl sites for hydroxylation is 1. The summed E-state index contributed by atoms with van der Waals surface area (Å²) in [6.45, 7) is 6.56. The minimum absolute atomic E-state index is 0.0346. The Morgan fingerprint density at radius 3 is 2.29 bits per heavy atom. The molecule has 3 heterocycles. The molecule has 0 unspecified atom stereocenters. The average Bonchev–Trinajstić information content (AvgIpc) is 3.38. The Morgan fingerprint density at radius 1 is 0.971 bits per heavy atom. The fourth-order valence-electron chi connectivity index (χ4n) is 4.84. The van der Waals surface area contributed by atoms with Crippen LogP contribution in [0.15, 0.2) is 32.7 Å². The summed E-state index contributed by atoms with van der Waals surface area (Å²) < 4.78 is 30.4. The molecule has 1 aromatic heterocycles. The largest absolute Gasteiger partial charge is 0.343 e. The molecule has 1 aromatic carbocycles. The lowest BCUT2D eigenvalue weighted by Crippen LogP contribution is -2.48. The van der Waals surface area contributed by atoms with Crippen molar-refractivity contribution in [1.29, 1.82) is 0 Å². The molecule has 2 aromatic rings. The van der Waals surface area contributed by atoms with Gasteiger partial charge in [-0.15, -0.1) is 0 Å². The summed E-state index contributed by atoms with van der Waals surface area (Å²) >= 11 is 0. The number of hydrogen-bond donors (Lipinski definition) is 0. The van der Waals surface area contributed by atoms with Crippen molar-refractivity contribution in [2.24, 2.45) is 7.05 Å². The summed E-state index contributed by atoms with van der Waals surface area (Å²) in [5.41, 5.74) is -0.727. The van der Waals surface area contributed by atoms with Crippen LogP contribution in [0.3, 0.4) is 0 Å². The first-order valence-corrected chi connectivity index (χ1v) is 13.4. The van der Waals surface area contributed by atoms with E-state index in [9.17, 15) is 22.8 Å². The summed E-state index contributed by atoms with van der Waals surface area (Å²) in [5.74, 6) is -0.0786. The van der Waals surface area contributed by atoms with Crippen molar-refractivity contribution in [1.82, 2.24) is 23.2 Å². The molecule has 11 heteroatoms. The third kappa shape index (κ3) is 4.69. The SMILES string of the molecule is CCCN1CCN(S(=O)(=O)c2ccc3c(c2)c(=O)n(CCC(=O)N2CCCC2)c(=O)n3C)CC1. The number of likely N-dealkylation sites (tertiary alicyclic amines) is 1. The van der Waals surface area contributed by atoms with E-state index >= 15 is 0 Å². The van der Waals surface area contributed by atoms with Crippen molar-refractivity contribution in [2.45, 2.75) is 44.0 Å². The number of piperazine rings is 1. The molecule has 0 spiro atoms. The van der Waals surface area contributed by atoms with E-state index in [4.69, 9.17) is 0 Å². The lowest BCUT2D eigenvalue weighted by atomic mass is 10.2. The Bertz CT molecular complexity index is 1290. The third-order valence-electron chi connectivity index (χ3n) is 6.84. The minimum atomic E-state index is -3.77. The van der Waals surface area contributed by atoms with Gasteiger partial charge in [-0.25, -0.2) is 13.2 Å². The first kappa shape index (κ1) is 24.6. The molecule has 0 N–H and O–H groups in total. The summed E-state index contributed by atoms with van der Waals surface area (Å²) in [6, 6.07) is 4.33. The van der Waals surface area contributed by atoms with Crippen molar-refractivity contribution in [3.63, 3.8) is 0 Å². The van der Waals surface area contributed by atoms with Crippen LogP contribution in [-0.2, 0) is 28.4 Å². The normalized spacial score (nSPS) is 18.1. The van der Waals surface area contributed by atoms with E-state index in [1.807, 2.05) is 0 Å². The number of carbonyl (C=O) groups excluding carboxylic acids is 1. The van der Waals surface area contributed by atoms with Crippen molar-refractivity contribution in [3.8, 4) is 0 Å². The highest BCUT2D eigenvalue weighted by molar-refractivity contribution is 7.89. The van der Waals surface area contributed by atoms with Gasteiger partial charge in [0.1, 0.15) is 0 Å². The quantitative estimate of drug-likeness (QED) is 0.556. The number of hydrogen-bond acceptors (Lipinski definition) is 6. The maximum atomic E-state index is 13.3. The Labute approximate surface area is 199 Å². The molecular weight excluding hydrogens is 458 g/mol. The molecule has 0 bridgehead atoms. The van der Waals surface area contributed by atoms with Gasteiger partial charge in [-0.05, 0) is 44.0 Å². The monoisotopic (exact) mass is 491 g/mol. The predicted molar refractivity (Wildman–Crippen MR) is 129 cm³/mol. The van der Waals surface area contributed by atoms with Crippen LogP contribution in [0.5, 0.6) is 0 Å². The maximum absolute atomic E-state index is 13.3. The number of nitrogens with zero attached hydrogens (tertiary/aromatic N) is 5. The number of sulfonamides is 1. The number of fused-ring (bicyclic) bond motifs is 1. The molecule has 2 aliphatic rings. The molecule has 186 valence electrons. The van der Waals surface area contributed by atoms with Crippen LogP contribution in [-0.4, -0.2) is 83.4 Å². The number of amides is 1. The standard InChI is InChI=1S/C23H33N5O5S/c1-3-9-25-13-15-27(16-14-25)34(32,33)18-6-7-20-19(17-18)22(30)28(23(31)24(20)2)12-8-21(29)26-10-4-5-11-26/h6-7,17H,3-5,8-16H2,1-2H3. The lowest BCUT2D eigenvalue weighted by molar-refractivity contribution is -0.130. The molecular formula is C23H33N5O5S. The highest BCUT2D eigenvalue weighted by Crippen LogP contribution is 2.21. The van der Waals surface area contributed by atoms with Crippen LogP contribution in [0.4, 0.5) is 0 Å². The highest BCUT2D eigenvalue weighted by atomic mass is 32.2. The Morgan fingerprint density at radius 2 is 1.65 bits per heavy atom. The van der Waals surface area contributed by atoms with Gasteiger partial charge >= 0.3 is 5.69 Å². The molecule has 2 saturated heterocycles. The van der Waals surface area contributed by atoms with Crippen LogP contribution in [0, 0.1) is 0 Å². The number of benzene rings is 1.